The van der Waals surface area contributed by atoms with Gasteiger partial charge in [-0.2, -0.15) is 0 Å². The van der Waals surface area contributed by atoms with Gasteiger partial charge in [-0.25, -0.2) is 0 Å². The summed E-state index contributed by atoms with van der Waals surface area (Å²) in [5.74, 6) is 1.94. The van der Waals surface area contributed by atoms with E-state index >= 15 is 0 Å². The molecule has 1 heterocycles. The van der Waals surface area contributed by atoms with Gasteiger partial charge in [0, 0.05) is 10.1 Å². The Kier molecular flexibility index (Phi) is 2.93. The molecule has 1 aromatic carbocycles. The average molecular weight is 273 g/mol. The van der Waals surface area contributed by atoms with Crippen molar-refractivity contribution in [2.45, 2.75) is 48.7 Å². The standard InChI is InChI=1S/C17H23NS/c18-11-17(9-12-5-6-14(17)7-12)10-15-8-13-3-1-2-4-16(13)19-15/h1-4,12,14-15H,5-11,18H2. The summed E-state index contributed by atoms with van der Waals surface area (Å²) in [6.45, 7) is 0.918. The van der Waals surface area contributed by atoms with E-state index in [4.69, 9.17) is 5.73 Å². The number of rotatable bonds is 3. The molecule has 0 spiro atoms. The maximum atomic E-state index is 6.23. The van der Waals surface area contributed by atoms with Crippen molar-refractivity contribution in [3.05, 3.63) is 29.8 Å². The Morgan fingerprint density at radius 1 is 1.26 bits per heavy atom. The Labute approximate surface area is 120 Å². The first-order valence-electron chi connectivity index (χ1n) is 7.74. The second-order valence-corrected chi connectivity index (χ2v) is 8.24. The minimum absolute atomic E-state index is 0.489. The van der Waals surface area contributed by atoms with Gasteiger partial charge in [-0.1, -0.05) is 24.6 Å². The van der Waals surface area contributed by atoms with Gasteiger partial charge in [0.15, 0.2) is 0 Å². The molecule has 2 heteroatoms. The number of thioether (sulfide) groups is 1. The number of benzene rings is 1. The first-order valence-corrected chi connectivity index (χ1v) is 8.62. The van der Waals surface area contributed by atoms with E-state index in [-0.39, 0.29) is 0 Å². The molecule has 2 N–H and O–H groups in total. The van der Waals surface area contributed by atoms with Crippen LogP contribution in [0.3, 0.4) is 0 Å². The predicted molar refractivity (Wildman–Crippen MR) is 81.3 cm³/mol. The van der Waals surface area contributed by atoms with Crippen LogP contribution in [0.1, 0.15) is 37.7 Å². The van der Waals surface area contributed by atoms with Crippen LogP contribution in [0.25, 0.3) is 0 Å². The average Bonchev–Trinajstić information content (AvgIpc) is 3.11. The molecule has 2 saturated carbocycles. The van der Waals surface area contributed by atoms with Crippen molar-refractivity contribution in [1.82, 2.24) is 0 Å². The zero-order valence-corrected chi connectivity index (χ0v) is 12.3. The number of nitrogens with two attached hydrogens (primary N) is 1. The van der Waals surface area contributed by atoms with Gasteiger partial charge < -0.3 is 5.73 Å². The molecule has 2 aliphatic carbocycles. The monoisotopic (exact) mass is 273 g/mol. The molecule has 2 bridgehead atoms. The van der Waals surface area contributed by atoms with Gasteiger partial charge in [0.1, 0.15) is 0 Å². The quantitative estimate of drug-likeness (QED) is 0.905. The molecule has 4 unspecified atom stereocenters. The molecule has 0 amide bonds. The molecule has 2 fully saturated rings. The van der Waals surface area contributed by atoms with Gasteiger partial charge in [0.2, 0.25) is 0 Å². The van der Waals surface area contributed by atoms with Crippen LogP contribution in [0.4, 0.5) is 0 Å². The van der Waals surface area contributed by atoms with Gasteiger partial charge in [0.05, 0.1) is 0 Å². The fourth-order valence-electron chi connectivity index (χ4n) is 4.96. The molecular weight excluding hydrogens is 250 g/mol. The molecular formula is C17H23NS. The molecule has 0 saturated heterocycles. The van der Waals surface area contributed by atoms with Crippen LogP contribution in [0, 0.1) is 17.3 Å². The Hall–Kier alpha value is -0.470. The maximum Gasteiger partial charge on any atom is 0.0141 e. The first-order chi connectivity index (χ1) is 9.29. The molecule has 3 aliphatic rings. The highest BCUT2D eigenvalue weighted by Crippen LogP contribution is 2.59. The topological polar surface area (TPSA) is 26.0 Å². The molecule has 1 aromatic rings. The Bertz CT molecular complexity index is 461. The Morgan fingerprint density at radius 3 is 2.84 bits per heavy atom. The lowest BCUT2D eigenvalue weighted by atomic mass is 9.70. The second-order valence-electron chi connectivity index (χ2n) is 6.90. The molecule has 4 atom stereocenters. The van der Waals surface area contributed by atoms with Crippen LogP contribution in [0.2, 0.25) is 0 Å². The second kappa shape index (κ2) is 4.53. The van der Waals surface area contributed by atoms with Gasteiger partial charge in [-0.3, -0.25) is 0 Å². The van der Waals surface area contributed by atoms with E-state index in [0.717, 1.165) is 23.6 Å². The van der Waals surface area contributed by atoms with Crippen molar-refractivity contribution in [1.29, 1.82) is 0 Å². The zero-order chi connectivity index (χ0) is 12.9. The third-order valence-electron chi connectivity index (χ3n) is 5.86. The third kappa shape index (κ3) is 1.95. The van der Waals surface area contributed by atoms with Gasteiger partial charge in [-0.15, -0.1) is 11.8 Å². The highest BCUT2D eigenvalue weighted by molar-refractivity contribution is 8.00. The maximum absolute atomic E-state index is 6.23. The Balaban J connectivity index is 1.51. The molecule has 0 radical (unpaired) electrons. The van der Waals surface area contributed by atoms with Gasteiger partial charge in [-0.05, 0) is 67.5 Å². The van der Waals surface area contributed by atoms with Crippen LogP contribution in [-0.2, 0) is 6.42 Å². The van der Waals surface area contributed by atoms with E-state index in [2.05, 4.69) is 36.0 Å². The van der Waals surface area contributed by atoms with Crippen molar-refractivity contribution >= 4 is 11.8 Å². The highest BCUT2D eigenvalue weighted by Gasteiger charge is 2.51. The fourth-order valence-corrected chi connectivity index (χ4v) is 6.46. The molecule has 4 rings (SSSR count). The number of fused-ring (bicyclic) bond motifs is 3. The lowest BCUT2D eigenvalue weighted by molar-refractivity contribution is 0.156. The minimum Gasteiger partial charge on any atom is -0.330 e. The van der Waals surface area contributed by atoms with E-state index in [0.29, 0.717) is 5.41 Å². The summed E-state index contributed by atoms with van der Waals surface area (Å²) >= 11 is 2.11. The van der Waals surface area contributed by atoms with Crippen molar-refractivity contribution in [2.24, 2.45) is 23.0 Å². The summed E-state index contributed by atoms with van der Waals surface area (Å²) < 4.78 is 0. The van der Waals surface area contributed by atoms with Crippen LogP contribution in [0.5, 0.6) is 0 Å². The number of hydrogen-bond acceptors (Lipinski definition) is 2. The van der Waals surface area contributed by atoms with Crippen molar-refractivity contribution < 1.29 is 0 Å². The molecule has 102 valence electrons. The largest absolute Gasteiger partial charge is 0.330 e. The molecule has 1 nitrogen and oxygen atoms in total. The van der Waals surface area contributed by atoms with Gasteiger partial charge >= 0.3 is 0 Å². The Morgan fingerprint density at radius 2 is 2.16 bits per heavy atom. The van der Waals surface area contributed by atoms with E-state index in [1.807, 2.05) is 0 Å². The third-order valence-corrected chi connectivity index (χ3v) is 7.18. The summed E-state index contributed by atoms with van der Waals surface area (Å²) in [5.41, 5.74) is 8.28. The summed E-state index contributed by atoms with van der Waals surface area (Å²) in [4.78, 5) is 1.52. The van der Waals surface area contributed by atoms with E-state index in [9.17, 15) is 0 Å². The predicted octanol–water partition coefficient (Wildman–Crippen LogP) is 3.86. The SMILES string of the molecule is NCC1(CC2Cc3ccccc3S2)CC2CCC1C2. The zero-order valence-electron chi connectivity index (χ0n) is 11.5. The van der Waals surface area contributed by atoms with Crippen molar-refractivity contribution in [2.75, 3.05) is 6.54 Å². The van der Waals surface area contributed by atoms with E-state index in [1.54, 1.807) is 5.56 Å². The van der Waals surface area contributed by atoms with Crippen LogP contribution >= 0.6 is 11.8 Å². The van der Waals surface area contributed by atoms with Crippen LogP contribution in [0.15, 0.2) is 29.2 Å². The van der Waals surface area contributed by atoms with Crippen molar-refractivity contribution in [3.63, 3.8) is 0 Å². The molecule has 0 aromatic heterocycles. The summed E-state index contributed by atoms with van der Waals surface area (Å²) in [5, 5.41) is 0.778. The van der Waals surface area contributed by atoms with E-state index in [1.165, 1.54) is 43.4 Å². The highest BCUT2D eigenvalue weighted by atomic mass is 32.2. The number of hydrogen-bond donors (Lipinski definition) is 1. The minimum atomic E-state index is 0.489. The summed E-state index contributed by atoms with van der Waals surface area (Å²) in [6.07, 6.45) is 8.43. The normalized spacial score (nSPS) is 39.7. The first kappa shape index (κ1) is 12.3. The lowest BCUT2D eigenvalue weighted by Gasteiger charge is -2.38. The lowest BCUT2D eigenvalue weighted by Crippen LogP contribution is -2.38. The van der Waals surface area contributed by atoms with Gasteiger partial charge in [0.25, 0.3) is 0 Å². The van der Waals surface area contributed by atoms with Crippen LogP contribution < -0.4 is 5.73 Å². The summed E-state index contributed by atoms with van der Waals surface area (Å²) in [7, 11) is 0. The summed E-state index contributed by atoms with van der Waals surface area (Å²) in [6, 6.07) is 8.94. The van der Waals surface area contributed by atoms with Crippen molar-refractivity contribution in [3.8, 4) is 0 Å². The smallest absolute Gasteiger partial charge is 0.0141 e. The van der Waals surface area contributed by atoms with Crippen LogP contribution in [-0.4, -0.2) is 11.8 Å². The molecule has 1 aliphatic heterocycles. The fraction of sp³-hybridized carbons (Fsp3) is 0.647. The molecule has 19 heavy (non-hydrogen) atoms. The van der Waals surface area contributed by atoms with E-state index < -0.39 is 0 Å².